The number of anilines is 1. The van der Waals surface area contributed by atoms with E-state index in [0.717, 1.165) is 10.6 Å². The zero-order valence-electron chi connectivity index (χ0n) is 7.01. The number of thiol groups is 1. The van der Waals surface area contributed by atoms with Gasteiger partial charge >= 0.3 is 0 Å². The fraction of sp³-hybridized carbons (Fsp3) is 0.250. The molecule has 0 N–H and O–H groups in total. The predicted octanol–water partition coefficient (Wildman–Crippen LogP) is 1.12. The van der Waals surface area contributed by atoms with Crippen molar-refractivity contribution in [3.8, 4) is 0 Å². The molecule has 5 heteroatoms. The van der Waals surface area contributed by atoms with E-state index in [4.69, 9.17) is 0 Å². The van der Waals surface area contributed by atoms with E-state index in [1.165, 1.54) is 11.8 Å². The Labute approximate surface area is 82.7 Å². The average Bonchev–Trinajstić information content (AvgIpc) is 2.45. The van der Waals surface area contributed by atoms with Crippen molar-refractivity contribution >= 4 is 28.2 Å². The fourth-order valence-corrected chi connectivity index (χ4v) is 3.43. The third-order valence-electron chi connectivity index (χ3n) is 1.99. The van der Waals surface area contributed by atoms with Gasteiger partial charge in [0.1, 0.15) is 0 Å². The van der Waals surface area contributed by atoms with Gasteiger partial charge in [-0.05, 0) is 12.1 Å². The molecule has 0 radical (unpaired) electrons. The van der Waals surface area contributed by atoms with E-state index in [9.17, 15) is 8.42 Å². The second kappa shape index (κ2) is 3.23. The molecule has 0 saturated heterocycles. The zero-order chi connectivity index (χ0) is 9.42. The Hall–Kier alpha value is -0.680. The number of nitrogens with zero attached hydrogens (tertiary/aromatic N) is 1. The highest BCUT2D eigenvalue weighted by Gasteiger charge is 2.28. The van der Waals surface area contributed by atoms with Crippen molar-refractivity contribution in [3.63, 3.8) is 0 Å². The van der Waals surface area contributed by atoms with E-state index in [0.29, 0.717) is 0 Å². The predicted molar refractivity (Wildman–Crippen MR) is 54.8 cm³/mol. The lowest BCUT2D eigenvalue weighted by atomic mass is 10.3. The average molecular weight is 215 g/mol. The van der Waals surface area contributed by atoms with Crippen LogP contribution in [-0.4, -0.2) is 20.2 Å². The van der Waals surface area contributed by atoms with Gasteiger partial charge in [-0.2, -0.15) is 0 Å². The maximum atomic E-state index is 10.9. The lowest BCUT2D eigenvalue weighted by molar-refractivity contribution is 0.611. The van der Waals surface area contributed by atoms with E-state index in [1.54, 1.807) is 11.9 Å². The lowest BCUT2D eigenvalue weighted by Crippen LogP contribution is -2.25. The monoisotopic (exact) mass is 215 g/mol. The van der Waals surface area contributed by atoms with Crippen molar-refractivity contribution in [3.05, 3.63) is 24.3 Å². The van der Waals surface area contributed by atoms with Crippen LogP contribution in [-0.2, 0) is 10.7 Å². The highest BCUT2D eigenvalue weighted by molar-refractivity contribution is 8.09. The quantitative estimate of drug-likeness (QED) is 0.712. The number of fused-ring (bicyclic) bond motifs is 1. The molecule has 0 aromatic heterocycles. The second-order valence-corrected chi connectivity index (χ2v) is 5.34. The first-order valence-corrected chi connectivity index (χ1v) is 5.95. The normalized spacial score (nSPS) is 20.8. The Kier molecular flexibility index (Phi) is 2.21. The van der Waals surface area contributed by atoms with Gasteiger partial charge in [0.05, 0.1) is 5.69 Å². The number of benzene rings is 1. The number of para-hydroxylation sites is 1. The van der Waals surface area contributed by atoms with E-state index >= 15 is 0 Å². The molecular formula is C8H9NO2S2. The van der Waals surface area contributed by atoms with Gasteiger partial charge in [0.15, 0.2) is 15.4 Å². The molecule has 1 aromatic rings. The van der Waals surface area contributed by atoms with Crippen molar-refractivity contribution in [2.75, 3.05) is 11.9 Å². The third-order valence-corrected chi connectivity index (χ3v) is 4.66. The van der Waals surface area contributed by atoms with Crippen LogP contribution in [0, 0.1) is 0 Å². The summed E-state index contributed by atoms with van der Waals surface area (Å²) in [7, 11) is -0.598. The summed E-state index contributed by atoms with van der Waals surface area (Å²) in [5.41, 5.74) is 0.997. The number of hydrogen-bond acceptors (Lipinski definition) is 4. The number of rotatable bonds is 1. The lowest BCUT2D eigenvalue weighted by Gasteiger charge is -2.15. The molecular weight excluding hydrogens is 206 g/mol. The Morgan fingerprint density at radius 1 is 1.38 bits per heavy atom. The fourth-order valence-electron chi connectivity index (χ4n) is 1.34. The molecule has 70 valence electrons. The second-order valence-electron chi connectivity index (χ2n) is 2.81. The van der Waals surface area contributed by atoms with E-state index in [1.807, 2.05) is 24.3 Å². The van der Waals surface area contributed by atoms with Gasteiger partial charge in [-0.1, -0.05) is 23.9 Å². The molecule has 0 fully saturated rings. The van der Waals surface area contributed by atoms with Crippen LogP contribution in [0.3, 0.4) is 0 Å². The maximum absolute atomic E-state index is 10.9. The van der Waals surface area contributed by atoms with Gasteiger partial charge in [-0.3, -0.25) is 0 Å². The molecule has 1 unspecified atom stereocenters. The Morgan fingerprint density at radius 2 is 2.08 bits per heavy atom. The van der Waals surface area contributed by atoms with Crippen molar-refractivity contribution in [1.29, 1.82) is 0 Å². The molecule has 1 aliphatic rings. The molecule has 0 saturated carbocycles. The smallest absolute Gasteiger partial charge is 0.180 e. The minimum absolute atomic E-state index is 0.438. The molecule has 1 aliphatic heterocycles. The summed E-state index contributed by atoms with van der Waals surface area (Å²) in [5.74, 6) is 0. The van der Waals surface area contributed by atoms with Gasteiger partial charge in [0.2, 0.25) is 0 Å². The summed E-state index contributed by atoms with van der Waals surface area (Å²) < 4.78 is 21.3. The van der Waals surface area contributed by atoms with Crippen molar-refractivity contribution in [2.24, 2.45) is 0 Å². The van der Waals surface area contributed by atoms with E-state index < -0.39 is 15.4 Å². The Bertz CT molecular complexity index is 395. The van der Waals surface area contributed by atoms with Crippen LogP contribution in [0.25, 0.3) is 0 Å². The highest BCUT2D eigenvalue weighted by atomic mass is 32.2. The first-order chi connectivity index (χ1) is 6.20. The van der Waals surface area contributed by atoms with E-state index in [-0.39, 0.29) is 0 Å². The number of hydrogen-bond donors (Lipinski definition) is 1. The van der Waals surface area contributed by atoms with Crippen LogP contribution in [0.2, 0.25) is 0 Å². The molecule has 2 rings (SSSR count). The van der Waals surface area contributed by atoms with Crippen molar-refractivity contribution in [2.45, 2.75) is 9.60 Å². The maximum Gasteiger partial charge on any atom is 0.180 e. The van der Waals surface area contributed by atoms with Crippen LogP contribution in [0.4, 0.5) is 5.69 Å². The largest absolute Gasteiger partial charge is 0.349 e. The minimum atomic E-state index is -2.40. The first kappa shape index (κ1) is 8.90. The standard InChI is InChI=1S/C8H9NO2S2/c1-9-6-4-2-3-5-7(6)12-8(9)13(10)11/h2-5,8,13H,1H3. The van der Waals surface area contributed by atoms with Crippen LogP contribution in [0.1, 0.15) is 0 Å². The summed E-state index contributed by atoms with van der Waals surface area (Å²) in [6, 6.07) is 7.70. The molecule has 13 heavy (non-hydrogen) atoms. The van der Waals surface area contributed by atoms with Crippen LogP contribution in [0.5, 0.6) is 0 Å². The molecule has 1 heterocycles. The molecule has 1 aromatic carbocycles. The summed E-state index contributed by atoms with van der Waals surface area (Å²) in [6.45, 7) is 0. The van der Waals surface area contributed by atoms with Gasteiger partial charge in [0, 0.05) is 11.9 Å². The van der Waals surface area contributed by atoms with Crippen molar-refractivity contribution < 1.29 is 8.42 Å². The Balaban J connectivity index is 2.43. The van der Waals surface area contributed by atoms with Gasteiger partial charge in [-0.15, -0.1) is 0 Å². The molecule has 0 amide bonds. The van der Waals surface area contributed by atoms with Gasteiger partial charge in [-0.25, -0.2) is 8.42 Å². The summed E-state index contributed by atoms with van der Waals surface area (Å²) >= 11 is 1.38. The highest BCUT2D eigenvalue weighted by Crippen LogP contribution is 2.42. The zero-order valence-corrected chi connectivity index (χ0v) is 8.72. The van der Waals surface area contributed by atoms with E-state index in [2.05, 4.69) is 0 Å². The van der Waals surface area contributed by atoms with Crippen LogP contribution >= 0.6 is 11.8 Å². The molecule has 3 nitrogen and oxygen atoms in total. The third kappa shape index (κ3) is 1.42. The van der Waals surface area contributed by atoms with Gasteiger partial charge < -0.3 is 4.90 Å². The number of thioether (sulfide) groups is 1. The summed E-state index contributed by atoms with van der Waals surface area (Å²) in [6.07, 6.45) is 0. The minimum Gasteiger partial charge on any atom is -0.349 e. The topological polar surface area (TPSA) is 37.4 Å². The SMILES string of the molecule is CN1c2ccccc2SC1[SH](=O)=O. The molecule has 1 atom stereocenters. The summed E-state index contributed by atoms with van der Waals surface area (Å²) in [5, 5.41) is 0. The summed E-state index contributed by atoms with van der Waals surface area (Å²) in [4.78, 5) is 2.82. The first-order valence-electron chi connectivity index (χ1n) is 3.82. The molecule has 0 spiro atoms. The van der Waals surface area contributed by atoms with Crippen LogP contribution in [0.15, 0.2) is 29.2 Å². The Morgan fingerprint density at radius 3 is 2.69 bits per heavy atom. The van der Waals surface area contributed by atoms with Crippen molar-refractivity contribution in [1.82, 2.24) is 0 Å². The molecule has 0 aliphatic carbocycles. The van der Waals surface area contributed by atoms with Gasteiger partial charge in [0.25, 0.3) is 0 Å². The molecule has 0 bridgehead atoms. The van der Waals surface area contributed by atoms with Crippen LogP contribution < -0.4 is 4.90 Å².